The Hall–Kier alpha value is -3.88. The summed E-state index contributed by atoms with van der Waals surface area (Å²) in [5, 5.41) is 0. The van der Waals surface area contributed by atoms with Crippen LogP contribution in [0.1, 0.15) is 31.1 Å². The molecule has 0 amide bonds. The summed E-state index contributed by atoms with van der Waals surface area (Å²) < 4.78 is 40.0. The molecule has 0 unspecified atom stereocenters. The van der Waals surface area contributed by atoms with Crippen LogP contribution in [-0.4, -0.2) is 46.7 Å². The molecule has 1 saturated heterocycles. The van der Waals surface area contributed by atoms with Crippen LogP contribution in [0.4, 0.5) is 0 Å². The Labute approximate surface area is 208 Å². The van der Waals surface area contributed by atoms with Gasteiger partial charge in [-0.2, -0.15) is 0 Å². The van der Waals surface area contributed by atoms with Crippen LogP contribution in [0.3, 0.4) is 0 Å². The van der Waals surface area contributed by atoms with Crippen molar-refractivity contribution in [1.82, 2.24) is 0 Å². The number of ether oxygens (including phenoxy) is 7. The molecule has 190 valence electrons. The maximum atomic E-state index is 13.0. The first-order chi connectivity index (χ1) is 17.4. The molecule has 36 heavy (non-hydrogen) atoms. The molecule has 0 spiro atoms. The standard InChI is InChI=1S/C27H28O9/c1-6-13(2)26(28)36-23-16-10-20-19(34-12-35-20)9-15(16)22-14(7-17-18(23)11-33-27(17)29)8-21(30-3)24(31-4)25(22)32-5/h6,8-10,17-18,23H,7,11-12H2,1-5H3/b13-6-/t17-,18+,23-/m1/s1. The summed E-state index contributed by atoms with van der Waals surface area (Å²) in [4.78, 5) is 25.9. The van der Waals surface area contributed by atoms with Gasteiger partial charge >= 0.3 is 11.9 Å². The SMILES string of the molecule is C/C=C(/C)C(=O)O[C@@H]1c2cc3c(cc2-c2c(cc(OC)c(OC)c2OC)C[C@H]2C(=O)OC[C@H]12)OCO3. The minimum absolute atomic E-state index is 0.0734. The van der Waals surface area contributed by atoms with Crippen LogP contribution in [0, 0.1) is 11.8 Å². The van der Waals surface area contributed by atoms with E-state index >= 15 is 0 Å². The number of hydrogen-bond donors (Lipinski definition) is 0. The third-order valence-corrected chi connectivity index (χ3v) is 7.09. The van der Waals surface area contributed by atoms with Gasteiger partial charge in [0.1, 0.15) is 6.10 Å². The van der Waals surface area contributed by atoms with Gasteiger partial charge in [-0.05, 0) is 49.6 Å². The Bertz CT molecular complexity index is 1260. The molecular formula is C27H28O9. The van der Waals surface area contributed by atoms with E-state index < -0.39 is 23.9 Å². The summed E-state index contributed by atoms with van der Waals surface area (Å²) in [6.07, 6.45) is 1.24. The molecule has 5 rings (SSSR count). The lowest BCUT2D eigenvalue weighted by Crippen LogP contribution is -2.30. The fraction of sp³-hybridized carbons (Fsp3) is 0.407. The molecule has 3 atom stereocenters. The van der Waals surface area contributed by atoms with Crippen LogP contribution in [0.2, 0.25) is 0 Å². The Morgan fingerprint density at radius 1 is 1.00 bits per heavy atom. The number of carbonyl (C=O) groups is 2. The van der Waals surface area contributed by atoms with Gasteiger partial charge in [-0.15, -0.1) is 0 Å². The number of fused-ring (bicyclic) bond motifs is 5. The summed E-state index contributed by atoms with van der Waals surface area (Å²) in [6, 6.07) is 5.52. The van der Waals surface area contributed by atoms with Crippen molar-refractivity contribution in [3.63, 3.8) is 0 Å². The van der Waals surface area contributed by atoms with E-state index in [1.54, 1.807) is 34.1 Å². The van der Waals surface area contributed by atoms with E-state index in [1.807, 2.05) is 18.2 Å². The fourth-order valence-corrected chi connectivity index (χ4v) is 5.13. The summed E-state index contributed by atoms with van der Waals surface area (Å²) in [5.74, 6) is 0.648. The Morgan fingerprint density at radius 3 is 2.39 bits per heavy atom. The van der Waals surface area contributed by atoms with E-state index in [4.69, 9.17) is 33.2 Å². The van der Waals surface area contributed by atoms with Crippen LogP contribution in [0.15, 0.2) is 29.8 Å². The second-order valence-electron chi connectivity index (χ2n) is 8.87. The molecule has 9 heteroatoms. The van der Waals surface area contributed by atoms with E-state index in [1.165, 1.54) is 7.11 Å². The number of rotatable bonds is 5. The zero-order valence-electron chi connectivity index (χ0n) is 20.8. The number of carbonyl (C=O) groups excluding carboxylic acids is 2. The van der Waals surface area contributed by atoms with Gasteiger partial charge < -0.3 is 33.2 Å². The normalized spacial score (nSPS) is 21.9. The van der Waals surface area contributed by atoms with Gasteiger partial charge in [0.15, 0.2) is 23.0 Å². The predicted octanol–water partition coefficient (Wildman–Crippen LogP) is 4.00. The van der Waals surface area contributed by atoms with Crippen LogP contribution >= 0.6 is 0 Å². The number of esters is 2. The third kappa shape index (κ3) is 3.70. The van der Waals surface area contributed by atoms with E-state index in [0.717, 1.165) is 11.1 Å². The first kappa shape index (κ1) is 23.8. The molecule has 0 radical (unpaired) electrons. The quantitative estimate of drug-likeness (QED) is 0.449. The average molecular weight is 497 g/mol. The van der Waals surface area contributed by atoms with Crippen molar-refractivity contribution < 1.29 is 42.7 Å². The van der Waals surface area contributed by atoms with Gasteiger partial charge in [0, 0.05) is 22.6 Å². The van der Waals surface area contributed by atoms with Gasteiger partial charge in [-0.25, -0.2) is 4.79 Å². The number of cyclic esters (lactones) is 1. The molecule has 1 aliphatic carbocycles. The molecule has 0 aromatic heterocycles. The topological polar surface area (TPSA) is 98.8 Å². The molecule has 2 aromatic carbocycles. The van der Waals surface area contributed by atoms with Gasteiger partial charge in [0.25, 0.3) is 0 Å². The third-order valence-electron chi connectivity index (χ3n) is 7.09. The summed E-state index contributed by atoms with van der Waals surface area (Å²) in [7, 11) is 4.62. The van der Waals surface area contributed by atoms with Gasteiger partial charge in [0.05, 0.1) is 33.9 Å². The molecule has 0 N–H and O–H groups in total. The molecule has 3 aliphatic rings. The Kier molecular flexibility index (Phi) is 6.15. The zero-order chi connectivity index (χ0) is 25.6. The zero-order valence-corrected chi connectivity index (χ0v) is 20.8. The van der Waals surface area contributed by atoms with Gasteiger partial charge in [-0.1, -0.05) is 6.08 Å². The molecular weight excluding hydrogens is 468 g/mol. The molecule has 1 fully saturated rings. The average Bonchev–Trinajstić information content (AvgIpc) is 3.50. The lowest BCUT2D eigenvalue weighted by molar-refractivity contribution is -0.149. The second kappa shape index (κ2) is 9.29. The first-order valence-electron chi connectivity index (χ1n) is 11.7. The first-order valence-corrected chi connectivity index (χ1v) is 11.7. The van der Waals surface area contributed by atoms with Crippen LogP contribution in [0.5, 0.6) is 28.7 Å². The highest BCUT2D eigenvalue weighted by Crippen LogP contribution is 2.55. The fourth-order valence-electron chi connectivity index (χ4n) is 5.13. The van der Waals surface area contributed by atoms with Crippen LogP contribution in [0.25, 0.3) is 11.1 Å². The number of allylic oxidation sites excluding steroid dienone is 1. The van der Waals surface area contributed by atoms with Crippen LogP contribution < -0.4 is 23.7 Å². The van der Waals surface area contributed by atoms with Gasteiger partial charge in [-0.3, -0.25) is 4.79 Å². The minimum atomic E-state index is -0.778. The molecule has 2 aliphatic heterocycles. The molecule has 9 nitrogen and oxygen atoms in total. The van der Waals surface area contributed by atoms with Crippen molar-refractivity contribution in [3.05, 3.63) is 41.0 Å². The number of hydrogen-bond acceptors (Lipinski definition) is 9. The van der Waals surface area contributed by atoms with Crippen LogP contribution in [-0.2, 0) is 25.5 Å². The van der Waals surface area contributed by atoms with Crippen molar-refractivity contribution in [1.29, 1.82) is 0 Å². The summed E-state index contributed by atoms with van der Waals surface area (Å²) in [5.41, 5.74) is 3.36. The van der Waals surface area contributed by atoms with Gasteiger partial charge in [0.2, 0.25) is 12.5 Å². The Morgan fingerprint density at radius 2 is 1.72 bits per heavy atom. The summed E-state index contributed by atoms with van der Waals surface area (Å²) in [6.45, 7) is 3.66. The molecule has 0 bridgehead atoms. The maximum absolute atomic E-state index is 13.0. The van der Waals surface area contributed by atoms with Crippen molar-refractivity contribution in [2.75, 3.05) is 34.7 Å². The smallest absolute Gasteiger partial charge is 0.333 e. The van der Waals surface area contributed by atoms with E-state index in [-0.39, 0.29) is 19.4 Å². The van der Waals surface area contributed by atoms with E-state index in [9.17, 15) is 9.59 Å². The lowest BCUT2D eigenvalue weighted by Gasteiger charge is -2.32. The highest BCUT2D eigenvalue weighted by Gasteiger charge is 2.47. The Balaban J connectivity index is 1.82. The highest BCUT2D eigenvalue weighted by atomic mass is 16.7. The van der Waals surface area contributed by atoms with Crippen molar-refractivity contribution in [2.24, 2.45) is 11.8 Å². The second-order valence-corrected chi connectivity index (χ2v) is 8.87. The lowest BCUT2D eigenvalue weighted by atomic mass is 9.76. The maximum Gasteiger partial charge on any atom is 0.333 e. The largest absolute Gasteiger partial charge is 0.493 e. The van der Waals surface area contributed by atoms with Crippen molar-refractivity contribution >= 4 is 11.9 Å². The summed E-state index contributed by atoms with van der Waals surface area (Å²) >= 11 is 0. The van der Waals surface area contributed by atoms with E-state index in [2.05, 4.69) is 0 Å². The number of methoxy groups -OCH3 is 3. The minimum Gasteiger partial charge on any atom is -0.493 e. The van der Waals surface area contributed by atoms with E-state index in [0.29, 0.717) is 51.9 Å². The predicted molar refractivity (Wildman–Crippen MR) is 128 cm³/mol. The van der Waals surface area contributed by atoms with Crippen molar-refractivity contribution in [2.45, 2.75) is 26.4 Å². The molecule has 2 aromatic rings. The van der Waals surface area contributed by atoms with Crippen molar-refractivity contribution in [3.8, 4) is 39.9 Å². The molecule has 0 saturated carbocycles. The molecule has 2 heterocycles. The highest BCUT2D eigenvalue weighted by molar-refractivity contribution is 5.89. The number of benzene rings is 2. The monoisotopic (exact) mass is 496 g/mol.